The van der Waals surface area contributed by atoms with E-state index in [1.807, 2.05) is 18.2 Å². The Bertz CT molecular complexity index is 547. The lowest BCUT2D eigenvalue weighted by Gasteiger charge is -2.13. The van der Waals surface area contributed by atoms with E-state index in [9.17, 15) is 9.59 Å². The monoisotopic (exact) mass is 244 g/mol. The molecule has 0 unspecified atom stereocenters. The Morgan fingerprint density at radius 1 is 1.44 bits per heavy atom. The highest BCUT2D eigenvalue weighted by Crippen LogP contribution is 2.47. The highest BCUT2D eigenvalue weighted by molar-refractivity contribution is 6.05. The van der Waals surface area contributed by atoms with Crippen LogP contribution in [0.1, 0.15) is 28.8 Å². The predicted molar refractivity (Wildman–Crippen MR) is 68.6 cm³/mol. The van der Waals surface area contributed by atoms with Crippen molar-refractivity contribution < 1.29 is 9.59 Å². The van der Waals surface area contributed by atoms with Crippen molar-refractivity contribution in [3.8, 4) is 0 Å². The van der Waals surface area contributed by atoms with Crippen LogP contribution in [-0.4, -0.2) is 25.3 Å². The highest BCUT2D eigenvalue weighted by Gasteiger charge is 2.48. The first-order valence-electron chi connectivity index (χ1n) is 6.22. The number of hydrogen-bond acceptors (Lipinski definition) is 3. The molecule has 1 aliphatic heterocycles. The maximum atomic E-state index is 12.3. The van der Waals surface area contributed by atoms with Crippen LogP contribution in [0.4, 0.5) is 5.69 Å². The number of anilines is 1. The smallest absolute Gasteiger partial charge is 0.231 e. The molecule has 0 bridgehead atoms. The molecule has 94 valence electrons. The number of nitrogens with zero attached hydrogens (tertiary/aromatic N) is 1. The molecule has 0 aromatic heterocycles. The summed E-state index contributed by atoms with van der Waals surface area (Å²) in [5.74, 6) is 0.212. The lowest BCUT2D eigenvalue weighted by atomic mass is 9.93. The molecule has 0 saturated heterocycles. The van der Waals surface area contributed by atoms with E-state index in [0.29, 0.717) is 18.5 Å². The molecule has 0 radical (unpaired) electrons. The van der Waals surface area contributed by atoms with Crippen molar-refractivity contribution in [3.05, 3.63) is 29.3 Å². The van der Waals surface area contributed by atoms with Gasteiger partial charge in [0.05, 0.1) is 6.42 Å². The van der Waals surface area contributed by atoms with Gasteiger partial charge in [0.2, 0.25) is 5.91 Å². The molecule has 1 aromatic carbocycles. The van der Waals surface area contributed by atoms with Gasteiger partial charge in [-0.15, -0.1) is 0 Å². The quantitative estimate of drug-likeness (QED) is 0.811. The number of benzene rings is 1. The SMILES string of the molecule is CN1C(=O)Cc2cc(C(=O)C3(CN)CC3)ccc21. The zero-order valence-corrected chi connectivity index (χ0v) is 10.4. The molecule has 4 nitrogen and oxygen atoms in total. The van der Waals surface area contributed by atoms with E-state index in [1.165, 1.54) is 0 Å². The fourth-order valence-electron chi connectivity index (χ4n) is 2.59. The molecule has 2 N–H and O–H groups in total. The molecule has 0 spiro atoms. The number of ketones is 1. The fourth-order valence-corrected chi connectivity index (χ4v) is 2.59. The maximum Gasteiger partial charge on any atom is 0.231 e. The Balaban J connectivity index is 1.95. The summed E-state index contributed by atoms with van der Waals surface area (Å²) < 4.78 is 0. The maximum absolute atomic E-state index is 12.3. The van der Waals surface area contributed by atoms with Gasteiger partial charge in [0.1, 0.15) is 0 Å². The lowest BCUT2D eigenvalue weighted by Crippen LogP contribution is -2.25. The van der Waals surface area contributed by atoms with Gasteiger partial charge in [-0.1, -0.05) is 0 Å². The Hall–Kier alpha value is -1.68. The number of carbonyl (C=O) groups is 2. The second kappa shape index (κ2) is 3.65. The molecule has 1 heterocycles. The van der Waals surface area contributed by atoms with Gasteiger partial charge in [-0.25, -0.2) is 0 Å². The standard InChI is InChI=1S/C14H16N2O2/c1-16-11-3-2-9(6-10(11)7-12(16)17)13(18)14(8-15)4-5-14/h2-3,6H,4-5,7-8,15H2,1H3. The minimum atomic E-state index is -0.317. The van der Waals surface area contributed by atoms with Gasteiger partial charge in [0.15, 0.2) is 5.78 Å². The van der Waals surface area contributed by atoms with Crippen LogP contribution in [0.15, 0.2) is 18.2 Å². The summed E-state index contributed by atoms with van der Waals surface area (Å²) in [6.45, 7) is 0.418. The molecule has 1 fully saturated rings. The first-order chi connectivity index (χ1) is 8.57. The second-order valence-electron chi connectivity index (χ2n) is 5.29. The van der Waals surface area contributed by atoms with Gasteiger partial charge in [0, 0.05) is 30.3 Å². The largest absolute Gasteiger partial charge is 0.329 e. The van der Waals surface area contributed by atoms with Crippen molar-refractivity contribution in [1.82, 2.24) is 0 Å². The number of rotatable bonds is 3. The van der Waals surface area contributed by atoms with Crippen molar-refractivity contribution in [3.63, 3.8) is 0 Å². The molecule has 1 aromatic rings. The summed E-state index contributed by atoms with van der Waals surface area (Å²) >= 11 is 0. The predicted octanol–water partition coefficient (Wildman–Crippen LogP) is 1.13. The third kappa shape index (κ3) is 1.49. The van der Waals surface area contributed by atoms with Gasteiger partial charge < -0.3 is 10.6 Å². The van der Waals surface area contributed by atoms with Crippen molar-refractivity contribution in [2.75, 3.05) is 18.5 Å². The average Bonchev–Trinajstić information content (AvgIpc) is 3.12. The number of hydrogen-bond donors (Lipinski definition) is 1. The molecular formula is C14H16N2O2. The van der Waals surface area contributed by atoms with Crippen LogP contribution in [0.2, 0.25) is 0 Å². The molecule has 18 heavy (non-hydrogen) atoms. The van der Waals surface area contributed by atoms with Crippen LogP contribution in [0.25, 0.3) is 0 Å². The zero-order valence-electron chi connectivity index (χ0n) is 10.4. The Morgan fingerprint density at radius 2 is 2.17 bits per heavy atom. The molecule has 1 saturated carbocycles. The Kier molecular flexibility index (Phi) is 2.32. The van der Waals surface area contributed by atoms with Crippen LogP contribution < -0.4 is 10.6 Å². The summed E-state index contributed by atoms with van der Waals surface area (Å²) in [7, 11) is 1.76. The number of likely N-dealkylation sites (N-methyl/N-ethyl adjacent to an activating group) is 1. The Morgan fingerprint density at radius 3 is 2.78 bits per heavy atom. The molecule has 1 amide bonds. The number of nitrogens with two attached hydrogens (primary N) is 1. The molecule has 0 atom stereocenters. The van der Waals surface area contributed by atoms with Crippen molar-refractivity contribution >= 4 is 17.4 Å². The molecule has 2 aliphatic rings. The first kappa shape index (κ1) is 11.4. The minimum Gasteiger partial charge on any atom is -0.329 e. The fraction of sp³-hybridized carbons (Fsp3) is 0.429. The number of Topliss-reactive ketones (excluding diaryl/α,β-unsaturated/α-hetero) is 1. The van der Waals surface area contributed by atoms with E-state index in [-0.39, 0.29) is 17.1 Å². The van der Waals surface area contributed by atoms with Gasteiger partial charge in [-0.05, 0) is 36.6 Å². The van der Waals surface area contributed by atoms with E-state index < -0.39 is 0 Å². The third-order valence-corrected chi connectivity index (χ3v) is 4.14. The Labute approximate surface area is 106 Å². The summed E-state index contributed by atoms with van der Waals surface area (Å²) in [4.78, 5) is 25.6. The van der Waals surface area contributed by atoms with Crippen LogP contribution in [0.3, 0.4) is 0 Å². The molecular weight excluding hydrogens is 228 g/mol. The van der Waals surface area contributed by atoms with E-state index in [4.69, 9.17) is 5.73 Å². The molecule has 3 rings (SSSR count). The molecule has 4 heteroatoms. The number of carbonyl (C=O) groups excluding carboxylic acids is 2. The van der Waals surface area contributed by atoms with E-state index in [2.05, 4.69) is 0 Å². The summed E-state index contributed by atoms with van der Waals surface area (Å²) in [5.41, 5.74) is 7.92. The zero-order chi connectivity index (χ0) is 12.9. The lowest BCUT2D eigenvalue weighted by molar-refractivity contribution is -0.117. The van der Waals surface area contributed by atoms with Gasteiger partial charge in [-0.2, -0.15) is 0 Å². The normalized spacial score (nSPS) is 19.9. The van der Waals surface area contributed by atoms with Crippen LogP contribution >= 0.6 is 0 Å². The second-order valence-corrected chi connectivity index (χ2v) is 5.29. The first-order valence-corrected chi connectivity index (χ1v) is 6.22. The van der Waals surface area contributed by atoms with Crippen LogP contribution in [0, 0.1) is 5.41 Å². The van der Waals surface area contributed by atoms with Crippen LogP contribution in [-0.2, 0) is 11.2 Å². The summed E-state index contributed by atoms with van der Waals surface area (Å²) in [5, 5.41) is 0. The topological polar surface area (TPSA) is 63.4 Å². The van der Waals surface area contributed by atoms with E-state index >= 15 is 0 Å². The average molecular weight is 244 g/mol. The van der Waals surface area contributed by atoms with Gasteiger partial charge in [-0.3, -0.25) is 9.59 Å². The van der Waals surface area contributed by atoms with Crippen LogP contribution in [0.5, 0.6) is 0 Å². The van der Waals surface area contributed by atoms with E-state index in [1.54, 1.807) is 11.9 Å². The van der Waals surface area contributed by atoms with Crippen molar-refractivity contribution in [2.45, 2.75) is 19.3 Å². The van der Waals surface area contributed by atoms with Gasteiger partial charge in [0.25, 0.3) is 0 Å². The summed E-state index contributed by atoms with van der Waals surface area (Å²) in [6.07, 6.45) is 2.17. The van der Waals surface area contributed by atoms with Crippen molar-refractivity contribution in [1.29, 1.82) is 0 Å². The highest BCUT2D eigenvalue weighted by atomic mass is 16.2. The van der Waals surface area contributed by atoms with Crippen molar-refractivity contribution in [2.24, 2.45) is 11.1 Å². The summed E-state index contributed by atoms with van der Waals surface area (Å²) in [6, 6.07) is 5.53. The van der Waals surface area contributed by atoms with E-state index in [0.717, 1.165) is 24.1 Å². The molecule has 1 aliphatic carbocycles. The van der Waals surface area contributed by atoms with Gasteiger partial charge >= 0.3 is 0 Å². The minimum absolute atomic E-state index is 0.0783. The number of fused-ring (bicyclic) bond motifs is 1. The third-order valence-electron chi connectivity index (χ3n) is 4.14. The number of amides is 1.